The number of benzene rings is 1. The van der Waals surface area contributed by atoms with Crippen LogP contribution in [-0.4, -0.2) is 30.2 Å². The van der Waals surface area contributed by atoms with E-state index in [0.29, 0.717) is 17.0 Å². The smallest absolute Gasteiger partial charge is 0.265 e. The molecule has 0 spiro atoms. The van der Waals surface area contributed by atoms with Crippen LogP contribution in [0.3, 0.4) is 0 Å². The Morgan fingerprint density at radius 3 is 2.79 bits per heavy atom. The molecule has 4 rings (SSSR count). The van der Waals surface area contributed by atoms with E-state index < -0.39 is 6.17 Å². The minimum atomic E-state index is -0.540. The van der Waals surface area contributed by atoms with Gasteiger partial charge in [0.05, 0.1) is 24.4 Å². The molecule has 28 heavy (non-hydrogen) atoms. The van der Waals surface area contributed by atoms with Crippen molar-refractivity contribution in [2.75, 3.05) is 19.5 Å². The molecule has 0 radical (unpaired) electrons. The fourth-order valence-corrected chi connectivity index (χ4v) is 4.69. The molecule has 1 amide bonds. The second-order valence-corrected chi connectivity index (χ2v) is 7.85. The molecule has 3 heterocycles. The Balaban J connectivity index is 1.84. The van der Waals surface area contributed by atoms with Crippen LogP contribution in [0.5, 0.6) is 11.5 Å². The first-order valence-corrected chi connectivity index (χ1v) is 9.68. The molecule has 1 atom stereocenters. The van der Waals surface area contributed by atoms with Crippen molar-refractivity contribution in [3.05, 3.63) is 44.9 Å². The standard InChI is InChI=1S/C19H18ClN3O4S/c1-8-4-10(7-26-2)13-14-16(28-19(13)21-8)18(25)23-17(22-14)9-5-11(20)15(24)12(6-9)27-3/h4-6,17,22,24H,7H2,1-3H3,(H,23,25). The number of aryl methyl sites for hydroxylation is 1. The minimum Gasteiger partial charge on any atom is -0.503 e. The van der Waals surface area contributed by atoms with Crippen molar-refractivity contribution < 1.29 is 19.4 Å². The maximum absolute atomic E-state index is 12.8. The molecule has 0 saturated carbocycles. The van der Waals surface area contributed by atoms with Crippen LogP contribution in [0.2, 0.25) is 5.02 Å². The summed E-state index contributed by atoms with van der Waals surface area (Å²) in [5, 5.41) is 17.3. The van der Waals surface area contributed by atoms with Crippen molar-refractivity contribution in [1.82, 2.24) is 10.3 Å². The van der Waals surface area contributed by atoms with Crippen LogP contribution in [0, 0.1) is 6.92 Å². The lowest BCUT2D eigenvalue weighted by atomic mass is 10.1. The fraction of sp³-hybridized carbons (Fsp3) is 0.263. The highest BCUT2D eigenvalue weighted by atomic mass is 35.5. The number of aromatic hydroxyl groups is 1. The van der Waals surface area contributed by atoms with Crippen molar-refractivity contribution in [3.63, 3.8) is 0 Å². The maximum Gasteiger partial charge on any atom is 0.265 e. The zero-order chi connectivity index (χ0) is 20.0. The molecule has 3 aromatic rings. The van der Waals surface area contributed by atoms with Gasteiger partial charge in [0.15, 0.2) is 11.5 Å². The zero-order valence-electron chi connectivity index (χ0n) is 15.4. The van der Waals surface area contributed by atoms with E-state index in [-0.39, 0.29) is 22.4 Å². The summed E-state index contributed by atoms with van der Waals surface area (Å²) < 4.78 is 10.5. The number of thiophene rings is 1. The topological polar surface area (TPSA) is 92.7 Å². The minimum absolute atomic E-state index is 0.140. The van der Waals surface area contributed by atoms with Crippen LogP contribution < -0.4 is 15.4 Å². The normalized spacial score (nSPS) is 15.9. The number of aromatic nitrogens is 1. The average Bonchev–Trinajstić information content (AvgIpc) is 3.03. The SMILES string of the molecule is COCc1cc(C)nc2sc3c(c12)NC(c1cc(Cl)c(O)c(OC)c1)NC3=O. The van der Waals surface area contributed by atoms with E-state index in [9.17, 15) is 9.90 Å². The molecule has 9 heteroatoms. The number of anilines is 1. The number of nitrogens with zero attached hydrogens (tertiary/aromatic N) is 1. The molecule has 1 aliphatic rings. The molecule has 0 bridgehead atoms. The number of pyridine rings is 1. The molecule has 0 fully saturated rings. The van der Waals surface area contributed by atoms with E-state index in [4.69, 9.17) is 21.1 Å². The molecule has 1 aromatic carbocycles. The Kier molecular flexibility index (Phi) is 4.78. The Bertz CT molecular complexity index is 1100. The summed E-state index contributed by atoms with van der Waals surface area (Å²) in [6.07, 6.45) is -0.540. The third-order valence-electron chi connectivity index (χ3n) is 4.55. The van der Waals surface area contributed by atoms with E-state index in [1.54, 1.807) is 19.2 Å². The Morgan fingerprint density at radius 1 is 1.29 bits per heavy atom. The van der Waals surface area contributed by atoms with Crippen LogP contribution in [0.4, 0.5) is 5.69 Å². The van der Waals surface area contributed by atoms with Crippen LogP contribution in [-0.2, 0) is 11.3 Å². The molecule has 0 aliphatic carbocycles. The molecule has 3 N–H and O–H groups in total. The molecule has 146 valence electrons. The fourth-order valence-electron chi connectivity index (χ4n) is 3.34. The van der Waals surface area contributed by atoms with Gasteiger partial charge in [0.1, 0.15) is 15.9 Å². The van der Waals surface area contributed by atoms with Crippen molar-refractivity contribution in [1.29, 1.82) is 0 Å². The van der Waals surface area contributed by atoms with Gasteiger partial charge in [-0.1, -0.05) is 11.6 Å². The number of ether oxygens (including phenoxy) is 2. The van der Waals surface area contributed by atoms with E-state index in [1.165, 1.54) is 18.4 Å². The molecule has 1 unspecified atom stereocenters. The van der Waals surface area contributed by atoms with Crippen LogP contribution in [0.1, 0.15) is 32.7 Å². The third kappa shape index (κ3) is 3.03. The van der Waals surface area contributed by atoms with E-state index in [0.717, 1.165) is 27.2 Å². The Labute approximate surface area is 170 Å². The van der Waals surface area contributed by atoms with Gasteiger partial charge >= 0.3 is 0 Å². The van der Waals surface area contributed by atoms with Crippen molar-refractivity contribution >= 4 is 44.7 Å². The van der Waals surface area contributed by atoms with Gasteiger partial charge < -0.3 is 25.2 Å². The summed E-state index contributed by atoms with van der Waals surface area (Å²) in [5.74, 6) is -0.110. The quantitative estimate of drug-likeness (QED) is 0.592. The number of phenolic OH excluding ortho intramolecular Hbond substituents is 1. The van der Waals surface area contributed by atoms with Crippen molar-refractivity contribution in [3.8, 4) is 11.5 Å². The van der Waals surface area contributed by atoms with Gasteiger partial charge in [0.2, 0.25) is 0 Å². The maximum atomic E-state index is 12.8. The van der Waals surface area contributed by atoms with Gasteiger partial charge in [0.25, 0.3) is 5.91 Å². The summed E-state index contributed by atoms with van der Waals surface area (Å²) in [6.45, 7) is 2.33. The Morgan fingerprint density at radius 2 is 2.07 bits per heavy atom. The number of fused-ring (bicyclic) bond motifs is 3. The summed E-state index contributed by atoms with van der Waals surface area (Å²) in [4.78, 5) is 18.7. The Hall–Kier alpha value is -2.55. The van der Waals surface area contributed by atoms with Gasteiger partial charge in [-0.05, 0) is 36.2 Å². The zero-order valence-corrected chi connectivity index (χ0v) is 17.0. The van der Waals surface area contributed by atoms with Gasteiger partial charge in [0, 0.05) is 18.2 Å². The number of carbonyl (C=O) groups is 1. The van der Waals surface area contributed by atoms with Crippen molar-refractivity contribution in [2.45, 2.75) is 19.7 Å². The summed E-state index contributed by atoms with van der Waals surface area (Å²) in [5.41, 5.74) is 3.21. The number of amides is 1. The lowest BCUT2D eigenvalue weighted by Gasteiger charge is -2.27. The lowest BCUT2D eigenvalue weighted by Crippen LogP contribution is -2.37. The average molecular weight is 420 g/mol. The predicted molar refractivity (Wildman–Crippen MR) is 109 cm³/mol. The third-order valence-corrected chi connectivity index (χ3v) is 5.92. The monoisotopic (exact) mass is 419 g/mol. The van der Waals surface area contributed by atoms with Crippen LogP contribution in [0.25, 0.3) is 10.2 Å². The van der Waals surface area contributed by atoms with Crippen LogP contribution >= 0.6 is 22.9 Å². The number of methoxy groups -OCH3 is 2. The van der Waals surface area contributed by atoms with Gasteiger partial charge in [-0.25, -0.2) is 4.98 Å². The van der Waals surface area contributed by atoms with Gasteiger partial charge in [-0.3, -0.25) is 4.79 Å². The van der Waals surface area contributed by atoms with E-state index >= 15 is 0 Å². The van der Waals surface area contributed by atoms with Crippen LogP contribution in [0.15, 0.2) is 18.2 Å². The second-order valence-electron chi connectivity index (χ2n) is 6.45. The highest BCUT2D eigenvalue weighted by Gasteiger charge is 2.31. The first-order valence-electron chi connectivity index (χ1n) is 8.48. The summed E-state index contributed by atoms with van der Waals surface area (Å²) >= 11 is 7.46. The molecule has 1 aliphatic heterocycles. The molecule has 2 aromatic heterocycles. The molecule has 7 nitrogen and oxygen atoms in total. The molecular weight excluding hydrogens is 402 g/mol. The summed E-state index contributed by atoms with van der Waals surface area (Å²) in [7, 11) is 3.08. The number of halogens is 1. The summed E-state index contributed by atoms with van der Waals surface area (Å²) in [6, 6.07) is 5.19. The predicted octanol–water partition coefficient (Wildman–Crippen LogP) is 3.97. The van der Waals surface area contributed by atoms with E-state index in [2.05, 4.69) is 15.6 Å². The number of nitrogens with one attached hydrogen (secondary N) is 2. The molecule has 0 saturated heterocycles. The number of hydrogen-bond donors (Lipinski definition) is 3. The first kappa shape index (κ1) is 18.8. The largest absolute Gasteiger partial charge is 0.503 e. The van der Waals surface area contributed by atoms with Gasteiger partial charge in [-0.15, -0.1) is 11.3 Å². The number of hydrogen-bond acceptors (Lipinski definition) is 7. The van der Waals surface area contributed by atoms with Gasteiger partial charge in [-0.2, -0.15) is 0 Å². The van der Waals surface area contributed by atoms with Crippen molar-refractivity contribution in [2.24, 2.45) is 0 Å². The highest BCUT2D eigenvalue weighted by molar-refractivity contribution is 7.21. The number of carbonyl (C=O) groups excluding carboxylic acids is 1. The second kappa shape index (κ2) is 7.12. The number of phenols is 1. The van der Waals surface area contributed by atoms with E-state index in [1.807, 2.05) is 13.0 Å². The molecular formula is C19H18ClN3O4S. The first-order chi connectivity index (χ1) is 13.4. The lowest BCUT2D eigenvalue weighted by molar-refractivity contribution is 0.0940. The highest BCUT2D eigenvalue weighted by Crippen LogP contribution is 2.43. The number of rotatable bonds is 4.